The van der Waals surface area contributed by atoms with E-state index < -0.39 is 0 Å². The largest absolute Gasteiger partial charge is 0.494 e. The van der Waals surface area contributed by atoms with Crippen LogP contribution in [-0.2, 0) is 4.74 Å². The third-order valence-electron chi connectivity index (χ3n) is 3.64. The lowest BCUT2D eigenvalue weighted by Gasteiger charge is -2.31. The summed E-state index contributed by atoms with van der Waals surface area (Å²) in [6.45, 7) is 5.46. The number of hydrogen-bond acceptors (Lipinski definition) is 4. The Morgan fingerprint density at radius 3 is 2.55 bits per heavy atom. The summed E-state index contributed by atoms with van der Waals surface area (Å²) in [6.07, 6.45) is 3.73. The smallest absolute Gasteiger partial charge is 0.119 e. The summed E-state index contributed by atoms with van der Waals surface area (Å²) in [5, 5.41) is 0. The summed E-state index contributed by atoms with van der Waals surface area (Å²) in [5.74, 6) is 0.960. The number of nitrogens with zero attached hydrogens (tertiary/aromatic N) is 1. The molecule has 1 heterocycles. The molecular weight excluding hydrogens is 252 g/mol. The van der Waals surface area contributed by atoms with Crippen molar-refractivity contribution in [2.75, 3.05) is 39.4 Å². The molecule has 20 heavy (non-hydrogen) atoms. The number of hydrogen-bond donors (Lipinski definition) is 1. The average Bonchev–Trinajstić information content (AvgIpc) is 2.52. The molecule has 0 radical (unpaired) electrons. The van der Waals surface area contributed by atoms with E-state index in [1.807, 2.05) is 30.3 Å². The van der Waals surface area contributed by atoms with Crippen molar-refractivity contribution in [3.63, 3.8) is 0 Å². The third kappa shape index (κ3) is 5.49. The van der Waals surface area contributed by atoms with E-state index in [0.29, 0.717) is 19.3 Å². The normalized spacial score (nSPS) is 17.2. The summed E-state index contributed by atoms with van der Waals surface area (Å²) >= 11 is 0. The highest BCUT2D eigenvalue weighted by molar-refractivity contribution is 5.20. The zero-order chi connectivity index (χ0) is 14.0. The van der Waals surface area contributed by atoms with Crippen molar-refractivity contribution in [1.82, 2.24) is 4.90 Å². The Kier molecular flexibility index (Phi) is 6.84. The molecule has 0 saturated carbocycles. The van der Waals surface area contributed by atoms with Crippen molar-refractivity contribution in [3.8, 4) is 5.75 Å². The van der Waals surface area contributed by atoms with Crippen LogP contribution in [0.2, 0.25) is 0 Å². The van der Waals surface area contributed by atoms with E-state index in [4.69, 9.17) is 15.2 Å². The van der Waals surface area contributed by atoms with Gasteiger partial charge in [-0.3, -0.25) is 0 Å². The average molecular weight is 278 g/mol. The number of rotatable bonds is 8. The molecule has 1 aliphatic rings. The molecule has 2 rings (SSSR count). The van der Waals surface area contributed by atoms with E-state index in [1.165, 1.54) is 0 Å². The Bertz CT molecular complexity index is 351. The molecule has 0 atom stereocenters. The highest BCUT2D eigenvalue weighted by Gasteiger charge is 2.18. The van der Waals surface area contributed by atoms with Crippen molar-refractivity contribution < 1.29 is 9.47 Å². The van der Waals surface area contributed by atoms with Crippen LogP contribution in [-0.4, -0.2) is 50.4 Å². The van der Waals surface area contributed by atoms with Crippen LogP contribution in [0.25, 0.3) is 0 Å². The Balaban J connectivity index is 1.53. The first-order chi connectivity index (χ1) is 9.88. The molecule has 1 aromatic rings. The highest BCUT2D eigenvalue weighted by atomic mass is 16.5. The molecule has 0 amide bonds. The van der Waals surface area contributed by atoms with E-state index in [1.54, 1.807) is 0 Å². The lowest BCUT2D eigenvalue weighted by Crippen LogP contribution is -2.38. The third-order valence-corrected chi connectivity index (χ3v) is 3.64. The number of ether oxygens (including phenoxy) is 2. The van der Waals surface area contributed by atoms with Crippen LogP contribution in [0, 0.1) is 0 Å². The second-order valence-electron chi connectivity index (χ2n) is 5.22. The lowest BCUT2D eigenvalue weighted by molar-refractivity contribution is 0.0107. The van der Waals surface area contributed by atoms with Gasteiger partial charge in [0.2, 0.25) is 0 Å². The van der Waals surface area contributed by atoms with Crippen molar-refractivity contribution in [1.29, 1.82) is 0 Å². The van der Waals surface area contributed by atoms with Gasteiger partial charge in [0.05, 0.1) is 19.3 Å². The maximum Gasteiger partial charge on any atom is 0.119 e. The molecule has 112 valence electrons. The van der Waals surface area contributed by atoms with Crippen LogP contribution in [0.4, 0.5) is 0 Å². The van der Waals surface area contributed by atoms with Gasteiger partial charge in [0.1, 0.15) is 5.75 Å². The lowest BCUT2D eigenvalue weighted by atomic mass is 10.1. The molecule has 0 bridgehead atoms. The summed E-state index contributed by atoms with van der Waals surface area (Å²) in [6, 6.07) is 10.0. The van der Waals surface area contributed by atoms with Crippen molar-refractivity contribution in [2.24, 2.45) is 5.73 Å². The van der Waals surface area contributed by atoms with Gasteiger partial charge < -0.3 is 20.1 Å². The van der Waals surface area contributed by atoms with Gasteiger partial charge >= 0.3 is 0 Å². The number of para-hydroxylation sites is 1. The predicted octanol–water partition coefficient (Wildman–Crippen LogP) is 1.90. The molecule has 1 saturated heterocycles. The zero-order valence-electron chi connectivity index (χ0n) is 12.2. The molecule has 2 N–H and O–H groups in total. The molecule has 0 spiro atoms. The van der Waals surface area contributed by atoms with Gasteiger partial charge in [-0.05, 0) is 31.4 Å². The number of likely N-dealkylation sites (tertiary alicyclic amines) is 1. The Morgan fingerprint density at radius 2 is 1.85 bits per heavy atom. The molecule has 4 nitrogen and oxygen atoms in total. The van der Waals surface area contributed by atoms with Gasteiger partial charge in [0, 0.05) is 26.2 Å². The molecule has 1 fully saturated rings. The van der Waals surface area contributed by atoms with Crippen LogP contribution >= 0.6 is 0 Å². The van der Waals surface area contributed by atoms with Crippen LogP contribution < -0.4 is 10.5 Å². The minimum absolute atomic E-state index is 0.412. The molecule has 4 heteroatoms. The van der Waals surface area contributed by atoms with E-state index in [9.17, 15) is 0 Å². The van der Waals surface area contributed by atoms with Gasteiger partial charge in [-0.1, -0.05) is 18.2 Å². The van der Waals surface area contributed by atoms with E-state index in [2.05, 4.69) is 4.90 Å². The minimum atomic E-state index is 0.412. The quantitative estimate of drug-likeness (QED) is 0.738. The van der Waals surface area contributed by atoms with Crippen LogP contribution in [0.3, 0.4) is 0 Å². The van der Waals surface area contributed by atoms with Gasteiger partial charge in [-0.15, -0.1) is 0 Å². The topological polar surface area (TPSA) is 47.7 Å². The van der Waals surface area contributed by atoms with Gasteiger partial charge in [-0.25, -0.2) is 0 Å². The summed E-state index contributed by atoms with van der Waals surface area (Å²) in [5.41, 5.74) is 5.45. The molecule has 1 aromatic carbocycles. The van der Waals surface area contributed by atoms with E-state index >= 15 is 0 Å². The van der Waals surface area contributed by atoms with E-state index in [0.717, 1.165) is 51.3 Å². The predicted molar refractivity (Wildman–Crippen MR) is 81.0 cm³/mol. The fraction of sp³-hybridized carbons (Fsp3) is 0.625. The second kappa shape index (κ2) is 8.95. The fourth-order valence-corrected chi connectivity index (χ4v) is 2.53. The molecular formula is C16H26N2O2. The summed E-state index contributed by atoms with van der Waals surface area (Å²) in [7, 11) is 0. The minimum Gasteiger partial charge on any atom is -0.494 e. The standard InChI is InChI=1S/C16H26N2O2/c17-9-14-20-16-7-11-18(12-8-16)10-4-13-19-15-5-2-1-3-6-15/h1-3,5-6,16H,4,7-14,17H2. The van der Waals surface area contributed by atoms with E-state index in [-0.39, 0.29) is 0 Å². The number of benzene rings is 1. The second-order valence-corrected chi connectivity index (χ2v) is 5.22. The maximum atomic E-state index is 5.71. The van der Waals surface area contributed by atoms with Crippen LogP contribution in [0.5, 0.6) is 5.75 Å². The SMILES string of the molecule is NCCOC1CCN(CCCOc2ccccc2)CC1. The Labute approximate surface area is 121 Å². The first kappa shape index (κ1) is 15.3. The molecule has 0 aromatic heterocycles. The highest BCUT2D eigenvalue weighted by Crippen LogP contribution is 2.14. The van der Waals surface area contributed by atoms with Crippen molar-refractivity contribution >= 4 is 0 Å². The first-order valence-corrected chi connectivity index (χ1v) is 7.60. The monoisotopic (exact) mass is 278 g/mol. The van der Waals surface area contributed by atoms with Crippen molar-refractivity contribution in [2.45, 2.75) is 25.4 Å². The molecule has 1 aliphatic heterocycles. The molecule has 0 unspecified atom stereocenters. The summed E-state index contributed by atoms with van der Waals surface area (Å²) < 4.78 is 11.4. The fourth-order valence-electron chi connectivity index (χ4n) is 2.53. The maximum absolute atomic E-state index is 5.71. The zero-order valence-corrected chi connectivity index (χ0v) is 12.2. The van der Waals surface area contributed by atoms with Gasteiger partial charge in [0.15, 0.2) is 0 Å². The van der Waals surface area contributed by atoms with Gasteiger partial charge in [-0.2, -0.15) is 0 Å². The number of piperidine rings is 1. The molecule has 0 aliphatic carbocycles. The number of nitrogens with two attached hydrogens (primary N) is 1. The van der Waals surface area contributed by atoms with Crippen molar-refractivity contribution in [3.05, 3.63) is 30.3 Å². The van der Waals surface area contributed by atoms with Crippen LogP contribution in [0.15, 0.2) is 30.3 Å². The van der Waals surface area contributed by atoms with Crippen LogP contribution in [0.1, 0.15) is 19.3 Å². The Morgan fingerprint density at radius 1 is 1.10 bits per heavy atom. The first-order valence-electron chi connectivity index (χ1n) is 7.60. The summed E-state index contributed by atoms with van der Waals surface area (Å²) in [4.78, 5) is 2.50. The Hall–Kier alpha value is -1.10. The van der Waals surface area contributed by atoms with Gasteiger partial charge in [0.25, 0.3) is 0 Å².